The third kappa shape index (κ3) is 2.14. The van der Waals surface area contributed by atoms with E-state index in [-0.39, 0.29) is 0 Å². The minimum atomic E-state index is 1.000. The van der Waals surface area contributed by atoms with E-state index in [1.165, 1.54) is 0 Å². The minimum Gasteiger partial charge on any atom is -0.354 e. The fourth-order valence-corrected chi connectivity index (χ4v) is 1.64. The van der Waals surface area contributed by atoms with Crippen molar-refractivity contribution in [1.82, 2.24) is 9.29 Å². The summed E-state index contributed by atoms with van der Waals surface area (Å²) >= 11 is 4.30. The van der Waals surface area contributed by atoms with Crippen molar-refractivity contribution in [3.05, 3.63) is 24.4 Å². The van der Waals surface area contributed by atoms with Crippen molar-refractivity contribution < 1.29 is 0 Å². The molecule has 3 nitrogen and oxygen atoms in total. The highest BCUT2D eigenvalue weighted by Crippen LogP contribution is 2.12. The zero-order valence-electron chi connectivity index (χ0n) is 7.43. The van der Waals surface area contributed by atoms with Crippen molar-refractivity contribution in [1.29, 1.82) is 0 Å². The number of aromatic nitrogens is 1. The second-order valence-corrected chi connectivity index (χ2v) is 3.69. The smallest absolute Gasteiger partial charge is 0.128 e. The molecule has 4 heteroatoms. The molecule has 1 aromatic rings. The SMILES string of the molecule is SN1CCN(c2ccccn2)CC1. The summed E-state index contributed by atoms with van der Waals surface area (Å²) in [7, 11) is 0. The highest BCUT2D eigenvalue weighted by Gasteiger charge is 2.14. The molecule has 2 heterocycles. The fourth-order valence-electron chi connectivity index (χ4n) is 1.47. The summed E-state index contributed by atoms with van der Waals surface area (Å²) in [6.07, 6.45) is 1.84. The molecule has 0 aliphatic carbocycles. The van der Waals surface area contributed by atoms with Crippen molar-refractivity contribution >= 4 is 18.6 Å². The molecule has 0 aromatic carbocycles. The number of pyridine rings is 1. The van der Waals surface area contributed by atoms with Crippen LogP contribution in [0.15, 0.2) is 24.4 Å². The molecular weight excluding hydrogens is 182 g/mol. The second kappa shape index (κ2) is 3.98. The lowest BCUT2D eigenvalue weighted by Crippen LogP contribution is -2.42. The normalized spacial score (nSPS) is 19.0. The average Bonchev–Trinajstić information content (AvgIpc) is 2.20. The molecule has 0 unspecified atom stereocenters. The first-order valence-electron chi connectivity index (χ1n) is 4.46. The van der Waals surface area contributed by atoms with Crippen LogP contribution in [0.5, 0.6) is 0 Å². The van der Waals surface area contributed by atoms with Gasteiger partial charge in [0, 0.05) is 32.4 Å². The number of rotatable bonds is 1. The Hall–Kier alpha value is -0.740. The maximum atomic E-state index is 4.31. The Morgan fingerprint density at radius 3 is 2.54 bits per heavy atom. The monoisotopic (exact) mass is 195 g/mol. The van der Waals surface area contributed by atoms with Gasteiger partial charge in [-0.2, -0.15) is 0 Å². The molecule has 13 heavy (non-hydrogen) atoms. The molecule has 0 N–H and O–H groups in total. The quantitative estimate of drug-likeness (QED) is 0.676. The molecule has 1 saturated heterocycles. The fraction of sp³-hybridized carbons (Fsp3) is 0.444. The average molecular weight is 195 g/mol. The molecule has 2 rings (SSSR count). The maximum absolute atomic E-state index is 4.31. The molecule has 1 fully saturated rings. The van der Waals surface area contributed by atoms with Gasteiger partial charge in [0.1, 0.15) is 5.82 Å². The predicted octanol–water partition coefficient (Wildman–Crippen LogP) is 1.05. The van der Waals surface area contributed by atoms with Crippen molar-refractivity contribution in [3.8, 4) is 0 Å². The standard InChI is InChI=1S/C9H13N3S/c13-12-7-5-11(6-8-12)9-3-1-2-4-10-9/h1-4,13H,5-8H2. The molecule has 1 aromatic heterocycles. The first-order chi connectivity index (χ1) is 6.36. The number of piperazine rings is 1. The van der Waals surface area contributed by atoms with Crippen molar-refractivity contribution in [2.24, 2.45) is 0 Å². The van der Waals surface area contributed by atoms with E-state index in [0.717, 1.165) is 32.0 Å². The van der Waals surface area contributed by atoms with E-state index in [4.69, 9.17) is 0 Å². The Labute approximate surface area is 83.9 Å². The van der Waals surface area contributed by atoms with Crippen LogP contribution in [0.3, 0.4) is 0 Å². The molecule has 70 valence electrons. The second-order valence-electron chi connectivity index (χ2n) is 3.13. The first-order valence-corrected chi connectivity index (χ1v) is 4.86. The van der Waals surface area contributed by atoms with Gasteiger partial charge >= 0.3 is 0 Å². The van der Waals surface area contributed by atoms with Gasteiger partial charge in [0.2, 0.25) is 0 Å². The molecule has 0 spiro atoms. The first kappa shape index (κ1) is 8.84. The minimum absolute atomic E-state index is 1.000. The summed E-state index contributed by atoms with van der Waals surface area (Å²) < 4.78 is 2.04. The molecule has 0 radical (unpaired) electrons. The number of hydrogen-bond donors (Lipinski definition) is 1. The van der Waals surface area contributed by atoms with E-state index in [9.17, 15) is 0 Å². The van der Waals surface area contributed by atoms with Crippen molar-refractivity contribution in [3.63, 3.8) is 0 Å². The Balaban J connectivity index is 2.03. The van der Waals surface area contributed by atoms with Gasteiger partial charge in [0.15, 0.2) is 0 Å². The molecule has 1 aliphatic rings. The van der Waals surface area contributed by atoms with Crippen LogP contribution in [0.25, 0.3) is 0 Å². The topological polar surface area (TPSA) is 19.4 Å². The predicted molar refractivity (Wildman–Crippen MR) is 57.0 cm³/mol. The summed E-state index contributed by atoms with van der Waals surface area (Å²) in [6.45, 7) is 4.03. The summed E-state index contributed by atoms with van der Waals surface area (Å²) in [4.78, 5) is 6.59. The van der Waals surface area contributed by atoms with Crippen LogP contribution in [-0.2, 0) is 0 Å². The van der Waals surface area contributed by atoms with Gasteiger partial charge in [-0.25, -0.2) is 9.29 Å². The van der Waals surface area contributed by atoms with Crippen LogP contribution >= 0.6 is 12.8 Å². The van der Waals surface area contributed by atoms with E-state index in [1.807, 2.05) is 28.7 Å². The number of nitrogens with zero attached hydrogens (tertiary/aromatic N) is 3. The Kier molecular flexibility index (Phi) is 2.71. The lowest BCUT2D eigenvalue weighted by molar-refractivity contribution is 0.433. The van der Waals surface area contributed by atoms with Crippen LogP contribution < -0.4 is 4.90 Å². The highest BCUT2D eigenvalue weighted by atomic mass is 32.1. The summed E-state index contributed by atoms with van der Waals surface area (Å²) in [5.74, 6) is 1.07. The lowest BCUT2D eigenvalue weighted by Gasteiger charge is -2.32. The van der Waals surface area contributed by atoms with E-state index in [1.54, 1.807) is 0 Å². The molecule has 0 atom stereocenters. The molecular formula is C9H13N3S. The molecule has 0 amide bonds. The zero-order chi connectivity index (χ0) is 9.10. The lowest BCUT2D eigenvalue weighted by atomic mass is 10.3. The summed E-state index contributed by atoms with van der Waals surface area (Å²) in [5, 5.41) is 0. The van der Waals surface area contributed by atoms with Gasteiger partial charge in [0.05, 0.1) is 0 Å². The molecule has 0 bridgehead atoms. The Morgan fingerprint density at radius 1 is 1.15 bits per heavy atom. The van der Waals surface area contributed by atoms with Gasteiger partial charge in [0.25, 0.3) is 0 Å². The Bertz CT molecular complexity index is 257. The van der Waals surface area contributed by atoms with Crippen LogP contribution in [0, 0.1) is 0 Å². The summed E-state index contributed by atoms with van der Waals surface area (Å²) in [5.41, 5.74) is 0. The maximum Gasteiger partial charge on any atom is 0.128 e. The summed E-state index contributed by atoms with van der Waals surface area (Å²) in [6, 6.07) is 6.02. The van der Waals surface area contributed by atoms with Crippen LogP contribution in [0.2, 0.25) is 0 Å². The molecule has 1 aliphatic heterocycles. The van der Waals surface area contributed by atoms with E-state index < -0.39 is 0 Å². The number of thiol groups is 1. The third-order valence-electron chi connectivity index (χ3n) is 2.23. The van der Waals surface area contributed by atoms with E-state index in [2.05, 4.69) is 22.7 Å². The van der Waals surface area contributed by atoms with Gasteiger partial charge in [-0.15, -0.1) is 0 Å². The highest BCUT2D eigenvalue weighted by molar-refractivity contribution is 7.77. The van der Waals surface area contributed by atoms with E-state index >= 15 is 0 Å². The molecule has 0 saturated carbocycles. The van der Waals surface area contributed by atoms with Gasteiger partial charge in [-0.1, -0.05) is 18.9 Å². The third-order valence-corrected chi connectivity index (χ3v) is 2.63. The van der Waals surface area contributed by atoms with Gasteiger partial charge in [-0.3, -0.25) is 0 Å². The van der Waals surface area contributed by atoms with Gasteiger partial charge in [-0.05, 0) is 12.1 Å². The van der Waals surface area contributed by atoms with Crippen molar-refractivity contribution in [2.45, 2.75) is 0 Å². The largest absolute Gasteiger partial charge is 0.354 e. The number of anilines is 1. The Morgan fingerprint density at radius 2 is 1.92 bits per heavy atom. The van der Waals surface area contributed by atoms with Crippen LogP contribution in [0.1, 0.15) is 0 Å². The zero-order valence-corrected chi connectivity index (χ0v) is 8.32. The number of hydrogen-bond acceptors (Lipinski definition) is 4. The van der Waals surface area contributed by atoms with Crippen LogP contribution in [-0.4, -0.2) is 35.5 Å². The van der Waals surface area contributed by atoms with Crippen molar-refractivity contribution in [2.75, 3.05) is 31.1 Å². The van der Waals surface area contributed by atoms with E-state index in [0.29, 0.717) is 0 Å². The van der Waals surface area contributed by atoms with Gasteiger partial charge < -0.3 is 4.90 Å². The van der Waals surface area contributed by atoms with Crippen LogP contribution in [0.4, 0.5) is 5.82 Å².